The van der Waals surface area contributed by atoms with Gasteiger partial charge in [0.2, 0.25) is 0 Å². The molecule has 0 N–H and O–H groups in total. The molecule has 2 heterocycles. The first-order valence-electron chi connectivity index (χ1n) is 10.6. The van der Waals surface area contributed by atoms with Gasteiger partial charge in [-0.3, -0.25) is 14.5 Å². The maximum Gasteiger partial charge on any atom is 0.435 e. The number of nitrogens with zero attached hydrogens (tertiary/aromatic N) is 2. The summed E-state index contributed by atoms with van der Waals surface area (Å²) < 4.78 is 56.6. The highest BCUT2D eigenvalue weighted by Crippen LogP contribution is 2.50. The van der Waals surface area contributed by atoms with Crippen LogP contribution in [0.1, 0.15) is 43.8 Å². The Kier molecular flexibility index (Phi) is 6.44. The fraction of sp³-hybridized carbons (Fsp3) is 0.160. The van der Waals surface area contributed by atoms with Crippen molar-refractivity contribution in [3.63, 3.8) is 0 Å². The van der Waals surface area contributed by atoms with Gasteiger partial charge in [0, 0.05) is 22.6 Å². The van der Waals surface area contributed by atoms with Crippen LogP contribution in [0, 0.1) is 5.82 Å². The van der Waals surface area contributed by atoms with Gasteiger partial charge in [0.25, 0.3) is 17.4 Å². The number of hydrogen-bond donors (Lipinski definition) is 0. The van der Waals surface area contributed by atoms with Gasteiger partial charge in [-0.15, -0.1) is 0 Å². The van der Waals surface area contributed by atoms with Gasteiger partial charge in [-0.2, -0.15) is 13.2 Å². The third kappa shape index (κ3) is 4.26. The van der Waals surface area contributed by atoms with Gasteiger partial charge in [0.15, 0.2) is 5.82 Å². The maximum atomic E-state index is 14.3. The first-order chi connectivity index (χ1) is 17.4. The number of benzene rings is 3. The van der Waals surface area contributed by atoms with Crippen LogP contribution >= 0.6 is 43.5 Å². The minimum Gasteiger partial charge on any atom is -0.374 e. The van der Waals surface area contributed by atoms with Crippen LogP contribution in [0.5, 0.6) is 0 Å². The summed E-state index contributed by atoms with van der Waals surface area (Å²) in [5.41, 5.74) is -1.93. The number of carbonyl (C=O) groups is 2. The van der Waals surface area contributed by atoms with Gasteiger partial charge >= 0.3 is 6.18 Å². The summed E-state index contributed by atoms with van der Waals surface area (Å²) in [6.45, 7) is -0.113. The molecule has 12 heteroatoms. The molecule has 0 saturated carbocycles. The quantitative estimate of drug-likeness (QED) is 0.167. The van der Waals surface area contributed by atoms with E-state index in [1.54, 1.807) is 24.3 Å². The molecule has 2 amide bonds. The normalized spacial score (nSPS) is 19.2. The van der Waals surface area contributed by atoms with Crippen molar-refractivity contribution in [2.75, 3.05) is 0 Å². The molecule has 3 aromatic carbocycles. The third-order valence-electron chi connectivity index (χ3n) is 6.23. The van der Waals surface area contributed by atoms with Crippen LogP contribution in [0.15, 0.2) is 68.7 Å². The summed E-state index contributed by atoms with van der Waals surface area (Å²) in [6, 6.07) is 12.8. The highest BCUT2D eigenvalue weighted by molar-refractivity contribution is 9.11. The summed E-state index contributed by atoms with van der Waals surface area (Å²) in [5.74, 6) is -1.66. The zero-order chi connectivity index (χ0) is 26.7. The molecular formula is C25H13Br2ClF4N2O3. The Hall–Kier alpha value is -2.76. The molecular weight excluding hydrogens is 648 g/mol. The minimum atomic E-state index is -4.88. The zero-order valence-electron chi connectivity index (χ0n) is 18.4. The van der Waals surface area contributed by atoms with Crippen molar-refractivity contribution in [2.45, 2.75) is 24.7 Å². The fourth-order valence-corrected chi connectivity index (χ4v) is 5.68. The molecule has 2 aliphatic rings. The molecule has 3 aromatic rings. The molecule has 0 radical (unpaired) electrons. The molecule has 0 saturated heterocycles. The number of rotatable bonds is 4. The van der Waals surface area contributed by atoms with Crippen LogP contribution in [0.4, 0.5) is 17.6 Å². The molecule has 0 aliphatic carbocycles. The lowest BCUT2D eigenvalue weighted by Crippen LogP contribution is -2.42. The largest absolute Gasteiger partial charge is 0.435 e. The van der Waals surface area contributed by atoms with Crippen molar-refractivity contribution < 1.29 is 32.0 Å². The predicted octanol–water partition coefficient (Wildman–Crippen LogP) is 7.38. The number of carbonyl (C=O) groups excluding carboxylic acids is 2. The van der Waals surface area contributed by atoms with Crippen molar-refractivity contribution in [1.29, 1.82) is 0 Å². The average molecular weight is 661 g/mol. The van der Waals surface area contributed by atoms with E-state index >= 15 is 0 Å². The summed E-state index contributed by atoms with van der Waals surface area (Å²) in [7, 11) is 0. The maximum absolute atomic E-state index is 14.3. The highest BCUT2D eigenvalue weighted by Gasteiger charge is 2.62. The molecule has 0 spiro atoms. The third-order valence-corrected chi connectivity index (χ3v) is 7.73. The van der Waals surface area contributed by atoms with Crippen molar-refractivity contribution in [3.8, 4) is 0 Å². The summed E-state index contributed by atoms with van der Waals surface area (Å²) >= 11 is 12.3. The summed E-state index contributed by atoms with van der Waals surface area (Å²) in [5, 5.41) is 3.84. The SMILES string of the molecule is O=C1c2ccccc2C(=O)N1Cc1ccc(C2=NOC(c3cc(Br)c(F)c(Br)c3)(C(F)(F)F)C2)cc1Cl. The van der Waals surface area contributed by atoms with Crippen LogP contribution in [-0.4, -0.2) is 28.6 Å². The Morgan fingerprint density at radius 1 is 1.00 bits per heavy atom. The average Bonchev–Trinajstić information content (AvgIpc) is 3.41. The van der Waals surface area contributed by atoms with E-state index in [2.05, 4.69) is 37.0 Å². The Morgan fingerprint density at radius 2 is 1.59 bits per heavy atom. The highest BCUT2D eigenvalue weighted by atomic mass is 79.9. The Bertz CT molecular complexity index is 1450. The van der Waals surface area contributed by atoms with Crippen molar-refractivity contribution >= 4 is 61.0 Å². The second-order valence-electron chi connectivity index (χ2n) is 8.43. The molecule has 0 bridgehead atoms. The standard InChI is InChI=1S/C25H13Br2ClF4N2O3/c26-17-8-14(9-18(27)21(17)29)24(25(30,31)32)10-20(33-37-24)12-5-6-13(19(28)7-12)11-34-22(35)15-3-1-2-4-16(15)23(34)36/h1-9H,10-11H2. The first-order valence-corrected chi connectivity index (χ1v) is 12.6. The molecule has 37 heavy (non-hydrogen) atoms. The number of imide groups is 1. The van der Waals surface area contributed by atoms with Gasteiger partial charge in [0.05, 0.1) is 32.3 Å². The first kappa shape index (κ1) is 25.9. The van der Waals surface area contributed by atoms with Crippen LogP contribution in [0.25, 0.3) is 0 Å². The van der Waals surface area contributed by atoms with Crippen LogP contribution in [0.2, 0.25) is 5.02 Å². The van der Waals surface area contributed by atoms with E-state index in [0.29, 0.717) is 16.7 Å². The van der Waals surface area contributed by atoms with E-state index < -0.39 is 35.8 Å². The molecule has 0 aromatic heterocycles. The molecule has 1 unspecified atom stereocenters. The lowest BCUT2D eigenvalue weighted by molar-refractivity contribution is -0.275. The van der Waals surface area contributed by atoms with Crippen molar-refractivity contribution in [1.82, 2.24) is 4.90 Å². The Labute approximate surface area is 229 Å². The molecule has 5 nitrogen and oxygen atoms in total. The van der Waals surface area contributed by atoms with E-state index in [-0.39, 0.29) is 37.4 Å². The van der Waals surface area contributed by atoms with Crippen molar-refractivity contribution in [3.05, 3.63) is 102 Å². The summed E-state index contributed by atoms with van der Waals surface area (Å²) in [4.78, 5) is 31.4. The van der Waals surface area contributed by atoms with Gasteiger partial charge in [-0.1, -0.05) is 41.0 Å². The molecule has 190 valence electrons. The second-order valence-corrected chi connectivity index (χ2v) is 10.5. The van der Waals surface area contributed by atoms with Crippen LogP contribution in [-0.2, 0) is 17.0 Å². The number of alkyl halides is 3. The molecule has 5 rings (SSSR count). The van der Waals surface area contributed by atoms with Gasteiger partial charge in [-0.05, 0) is 67.8 Å². The van der Waals surface area contributed by atoms with E-state index in [1.165, 1.54) is 18.2 Å². The van der Waals surface area contributed by atoms with E-state index in [1.807, 2.05) is 0 Å². The number of fused-ring (bicyclic) bond motifs is 1. The number of hydrogen-bond acceptors (Lipinski definition) is 4. The molecule has 0 fully saturated rings. The van der Waals surface area contributed by atoms with E-state index in [4.69, 9.17) is 16.4 Å². The number of amides is 2. The number of halogens is 7. The van der Waals surface area contributed by atoms with Crippen LogP contribution < -0.4 is 0 Å². The predicted molar refractivity (Wildman–Crippen MR) is 134 cm³/mol. The second kappa shape index (κ2) is 9.21. The van der Waals surface area contributed by atoms with E-state index in [9.17, 15) is 27.2 Å². The molecule has 1 atom stereocenters. The topological polar surface area (TPSA) is 59.0 Å². The number of oxime groups is 1. The van der Waals surface area contributed by atoms with E-state index in [0.717, 1.165) is 17.0 Å². The van der Waals surface area contributed by atoms with Gasteiger partial charge in [0.1, 0.15) is 0 Å². The van der Waals surface area contributed by atoms with Gasteiger partial charge in [-0.25, -0.2) is 4.39 Å². The van der Waals surface area contributed by atoms with Gasteiger partial charge < -0.3 is 4.84 Å². The summed E-state index contributed by atoms with van der Waals surface area (Å²) in [6.07, 6.45) is -5.57. The zero-order valence-corrected chi connectivity index (χ0v) is 22.3. The monoisotopic (exact) mass is 658 g/mol. The van der Waals surface area contributed by atoms with Crippen molar-refractivity contribution in [2.24, 2.45) is 5.16 Å². The minimum absolute atomic E-state index is 0.0249. The Morgan fingerprint density at radius 3 is 2.14 bits per heavy atom. The van der Waals surface area contributed by atoms with Crippen LogP contribution in [0.3, 0.4) is 0 Å². The fourth-order valence-electron chi connectivity index (χ4n) is 4.26. The lowest BCUT2D eigenvalue weighted by atomic mass is 9.86. The lowest BCUT2D eigenvalue weighted by Gasteiger charge is -2.30. The smallest absolute Gasteiger partial charge is 0.374 e. The molecule has 2 aliphatic heterocycles. The Balaban J connectivity index is 1.41.